The first-order valence-corrected chi connectivity index (χ1v) is 8.92. The molecular weight excluding hydrogens is 352 g/mol. The molecule has 6 nitrogen and oxygen atoms in total. The molecule has 28 heavy (non-hydrogen) atoms. The van der Waals surface area contributed by atoms with Crippen LogP contribution in [0.5, 0.6) is 0 Å². The van der Waals surface area contributed by atoms with Crippen LogP contribution in [0.3, 0.4) is 0 Å². The average molecular weight is 370 g/mol. The van der Waals surface area contributed by atoms with Crippen LogP contribution in [0.25, 0.3) is 10.9 Å². The van der Waals surface area contributed by atoms with Crippen LogP contribution in [-0.2, 0) is 11.3 Å². The van der Waals surface area contributed by atoms with Gasteiger partial charge in [0, 0.05) is 11.6 Å². The fraction of sp³-hybridized carbons (Fsp3) is 0.0909. The number of fused-ring (bicyclic) bond motifs is 1. The van der Waals surface area contributed by atoms with Crippen LogP contribution in [0.2, 0.25) is 0 Å². The Morgan fingerprint density at radius 2 is 1.71 bits per heavy atom. The number of carbonyl (C=O) groups excluding carboxylic acids is 1. The highest BCUT2D eigenvalue weighted by Gasteiger charge is 2.18. The fourth-order valence-corrected chi connectivity index (χ4v) is 3.15. The highest BCUT2D eigenvalue weighted by Crippen LogP contribution is 2.20. The van der Waals surface area contributed by atoms with Gasteiger partial charge in [-0.3, -0.25) is 19.3 Å². The van der Waals surface area contributed by atoms with E-state index in [0.717, 1.165) is 11.3 Å². The lowest BCUT2D eigenvalue weighted by Crippen LogP contribution is -2.33. The van der Waals surface area contributed by atoms with Gasteiger partial charge in [0.2, 0.25) is 11.3 Å². The maximum absolute atomic E-state index is 12.8. The zero-order valence-electron chi connectivity index (χ0n) is 15.0. The summed E-state index contributed by atoms with van der Waals surface area (Å²) in [5.74, 6) is -0.221. The summed E-state index contributed by atoms with van der Waals surface area (Å²) in [6.45, 7) is -0.00302. The molecule has 2 aromatic carbocycles. The Morgan fingerprint density at radius 3 is 2.50 bits per heavy atom. The monoisotopic (exact) mass is 370 g/mol. The number of aromatic nitrogens is 3. The molecule has 4 rings (SSSR count). The second kappa shape index (κ2) is 7.84. The van der Waals surface area contributed by atoms with Gasteiger partial charge in [-0.15, -0.1) is 0 Å². The quantitative estimate of drug-likeness (QED) is 0.586. The van der Waals surface area contributed by atoms with Crippen LogP contribution in [-0.4, -0.2) is 20.7 Å². The molecule has 0 fully saturated rings. The third-order valence-electron chi connectivity index (χ3n) is 4.48. The molecule has 0 aliphatic carbocycles. The summed E-state index contributed by atoms with van der Waals surface area (Å²) >= 11 is 0. The van der Waals surface area contributed by atoms with Crippen molar-refractivity contribution in [3.8, 4) is 0 Å². The number of amides is 1. The second-order valence-electron chi connectivity index (χ2n) is 6.35. The third-order valence-corrected chi connectivity index (χ3v) is 4.48. The minimum absolute atomic E-state index is 0.00302. The van der Waals surface area contributed by atoms with Crippen LogP contribution in [0, 0.1) is 0 Å². The van der Waals surface area contributed by atoms with Crippen molar-refractivity contribution in [2.45, 2.75) is 12.6 Å². The topological polar surface area (TPSA) is 76.9 Å². The van der Waals surface area contributed by atoms with E-state index in [0.29, 0.717) is 10.9 Å². The van der Waals surface area contributed by atoms with Crippen molar-refractivity contribution in [2.24, 2.45) is 0 Å². The van der Waals surface area contributed by atoms with Gasteiger partial charge < -0.3 is 5.32 Å². The van der Waals surface area contributed by atoms with Gasteiger partial charge in [0.15, 0.2) is 0 Å². The summed E-state index contributed by atoms with van der Waals surface area (Å²) in [5.41, 5.74) is 2.15. The first-order valence-electron chi connectivity index (χ1n) is 8.92. The number of nitrogens with one attached hydrogen (secondary N) is 1. The SMILES string of the molecule is O=C(Cn1ncc(=O)c2ccccc21)N[C@H](c1ccccc1)c1ccccn1. The molecule has 0 aliphatic heterocycles. The maximum Gasteiger partial charge on any atom is 0.242 e. The van der Waals surface area contributed by atoms with E-state index in [1.807, 2.05) is 54.6 Å². The Balaban J connectivity index is 1.63. The molecule has 4 aromatic rings. The van der Waals surface area contributed by atoms with Crippen LogP contribution >= 0.6 is 0 Å². The van der Waals surface area contributed by atoms with Crippen LogP contribution in [0.15, 0.2) is 90.0 Å². The number of rotatable bonds is 5. The summed E-state index contributed by atoms with van der Waals surface area (Å²) in [4.78, 5) is 29.2. The van der Waals surface area contributed by atoms with Crippen molar-refractivity contribution < 1.29 is 4.79 Å². The average Bonchev–Trinajstić information content (AvgIpc) is 2.75. The Bertz CT molecular complexity index is 1120. The van der Waals surface area contributed by atoms with Crippen molar-refractivity contribution in [3.05, 3.63) is 107 Å². The molecule has 0 bridgehead atoms. The van der Waals surface area contributed by atoms with Gasteiger partial charge >= 0.3 is 0 Å². The summed E-state index contributed by atoms with van der Waals surface area (Å²) in [7, 11) is 0. The highest BCUT2D eigenvalue weighted by molar-refractivity contribution is 5.81. The van der Waals surface area contributed by atoms with Gasteiger partial charge in [-0.2, -0.15) is 5.10 Å². The molecule has 138 valence electrons. The smallest absolute Gasteiger partial charge is 0.242 e. The molecule has 1 N–H and O–H groups in total. The van der Waals surface area contributed by atoms with E-state index in [4.69, 9.17) is 0 Å². The van der Waals surface area contributed by atoms with Crippen molar-refractivity contribution in [2.75, 3.05) is 0 Å². The van der Waals surface area contributed by atoms with Crippen molar-refractivity contribution >= 4 is 16.8 Å². The van der Waals surface area contributed by atoms with E-state index in [1.165, 1.54) is 10.9 Å². The first kappa shape index (κ1) is 17.6. The molecule has 6 heteroatoms. The number of pyridine rings is 1. The number of carbonyl (C=O) groups is 1. The standard InChI is InChI=1S/C22H18N4O2/c27-20-14-24-26(19-12-5-4-10-17(19)20)15-21(28)25-22(16-8-2-1-3-9-16)18-11-6-7-13-23-18/h1-14,22H,15H2,(H,25,28)/t22-/m1/s1. The second-order valence-corrected chi connectivity index (χ2v) is 6.35. The zero-order valence-corrected chi connectivity index (χ0v) is 15.0. The van der Waals surface area contributed by atoms with Gasteiger partial charge in [0.05, 0.1) is 23.4 Å². The minimum Gasteiger partial charge on any atom is -0.342 e. The van der Waals surface area contributed by atoms with E-state index in [1.54, 1.807) is 24.4 Å². The van der Waals surface area contributed by atoms with Gasteiger partial charge in [-0.05, 0) is 29.8 Å². The third kappa shape index (κ3) is 3.66. The van der Waals surface area contributed by atoms with Crippen molar-refractivity contribution in [1.29, 1.82) is 0 Å². The maximum atomic E-state index is 12.8. The van der Waals surface area contributed by atoms with E-state index < -0.39 is 0 Å². The molecule has 1 amide bonds. The normalized spacial score (nSPS) is 11.9. The van der Waals surface area contributed by atoms with Crippen molar-refractivity contribution in [3.63, 3.8) is 0 Å². The van der Waals surface area contributed by atoms with Crippen molar-refractivity contribution in [1.82, 2.24) is 20.1 Å². The molecule has 2 aromatic heterocycles. The molecule has 0 unspecified atom stereocenters. The van der Waals surface area contributed by atoms with Crippen LogP contribution in [0.1, 0.15) is 17.3 Å². The molecule has 0 saturated carbocycles. The summed E-state index contributed by atoms with van der Waals surface area (Å²) in [5, 5.41) is 7.70. The van der Waals surface area contributed by atoms with E-state index >= 15 is 0 Å². The van der Waals surface area contributed by atoms with Crippen LogP contribution in [0.4, 0.5) is 0 Å². The van der Waals surface area contributed by atoms with Gasteiger partial charge in [-0.1, -0.05) is 48.5 Å². The zero-order chi connectivity index (χ0) is 19.3. The number of nitrogens with zero attached hydrogens (tertiary/aromatic N) is 3. The lowest BCUT2D eigenvalue weighted by atomic mass is 10.0. The van der Waals surface area contributed by atoms with Gasteiger partial charge in [0.25, 0.3) is 0 Å². The lowest BCUT2D eigenvalue weighted by molar-refractivity contribution is -0.122. The lowest BCUT2D eigenvalue weighted by Gasteiger charge is -2.19. The Hall–Kier alpha value is -3.80. The largest absolute Gasteiger partial charge is 0.342 e. The molecule has 0 spiro atoms. The summed E-state index contributed by atoms with van der Waals surface area (Å²) in [6, 6.07) is 22.0. The Labute approximate surface area is 161 Å². The molecule has 0 radical (unpaired) electrons. The number of hydrogen-bond donors (Lipinski definition) is 1. The molecule has 2 heterocycles. The number of para-hydroxylation sites is 1. The number of benzene rings is 2. The molecular formula is C22H18N4O2. The predicted octanol–water partition coefficient (Wildman–Crippen LogP) is 2.70. The minimum atomic E-state index is -0.374. The Morgan fingerprint density at radius 1 is 0.964 bits per heavy atom. The predicted molar refractivity (Wildman–Crippen MR) is 107 cm³/mol. The fourth-order valence-electron chi connectivity index (χ4n) is 3.15. The number of hydrogen-bond acceptors (Lipinski definition) is 4. The van der Waals surface area contributed by atoms with Gasteiger partial charge in [0.1, 0.15) is 6.54 Å². The molecule has 0 aliphatic rings. The van der Waals surface area contributed by atoms with Crippen LogP contribution < -0.4 is 10.7 Å². The first-order chi connectivity index (χ1) is 13.7. The van der Waals surface area contributed by atoms with E-state index in [-0.39, 0.29) is 23.9 Å². The Kier molecular flexibility index (Phi) is 4.93. The summed E-state index contributed by atoms with van der Waals surface area (Å²) in [6.07, 6.45) is 2.94. The molecule has 0 saturated heterocycles. The van der Waals surface area contributed by atoms with E-state index in [9.17, 15) is 9.59 Å². The van der Waals surface area contributed by atoms with E-state index in [2.05, 4.69) is 15.4 Å². The highest BCUT2D eigenvalue weighted by atomic mass is 16.2. The molecule has 1 atom stereocenters. The summed E-state index contributed by atoms with van der Waals surface area (Å²) < 4.78 is 1.53. The van der Waals surface area contributed by atoms with Gasteiger partial charge in [-0.25, -0.2) is 0 Å².